The van der Waals surface area contributed by atoms with Crippen molar-refractivity contribution < 1.29 is 0 Å². The van der Waals surface area contributed by atoms with Crippen LogP contribution in [0, 0.1) is 0 Å². The Morgan fingerprint density at radius 2 is 2.31 bits per heavy atom. The largest absolute Gasteiger partial charge is 0.398 e. The second-order valence-corrected chi connectivity index (χ2v) is 3.11. The van der Waals surface area contributed by atoms with Crippen LogP contribution in [0.15, 0.2) is 24.4 Å². The zero-order chi connectivity index (χ0) is 9.26. The zero-order valence-corrected chi connectivity index (χ0v) is 7.59. The summed E-state index contributed by atoms with van der Waals surface area (Å²) < 4.78 is 0. The van der Waals surface area contributed by atoms with E-state index < -0.39 is 0 Å². The Balaban J connectivity index is 2.64. The molecule has 0 amide bonds. The van der Waals surface area contributed by atoms with Gasteiger partial charge in [0.05, 0.1) is 0 Å². The van der Waals surface area contributed by atoms with Crippen molar-refractivity contribution in [3.8, 4) is 0 Å². The molecule has 0 spiro atoms. The summed E-state index contributed by atoms with van der Waals surface area (Å²) in [7, 11) is 1.93. The summed E-state index contributed by atoms with van der Waals surface area (Å²) in [6, 6.07) is 5.91. The standard InChI is InChI=1S/C10H13N3/c1-12-5-7-6-13-9-4-2-3-8(11)10(7)9/h2-4,6,12-13H,5,11H2,1H3. The van der Waals surface area contributed by atoms with Crippen molar-refractivity contribution in [1.29, 1.82) is 0 Å². The van der Waals surface area contributed by atoms with Crippen LogP contribution >= 0.6 is 0 Å². The molecule has 0 saturated carbocycles. The molecule has 1 heterocycles. The predicted molar refractivity (Wildman–Crippen MR) is 55.5 cm³/mol. The number of hydrogen-bond donors (Lipinski definition) is 3. The van der Waals surface area contributed by atoms with Crippen molar-refractivity contribution in [2.45, 2.75) is 6.54 Å². The molecule has 0 unspecified atom stereocenters. The van der Waals surface area contributed by atoms with Crippen LogP contribution in [0.1, 0.15) is 5.56 Å². The van der Waals surface area contributed by atoms with Gasteiger partial charge in [-0.25, -0.2) is 0 Å². The van der Waals surface area contributed by atoms with Gasteiger partial charge in [-0.1, -0.05) is 6.07 Å². The average molecular weight is 175 g/mol. The Labute approximate surface area is 76.9 Å². The zero-order valence-electron chi connectivity index (χ0n) is 7.59. The SMILES string of the molecule is CNCc1c[nH]c2cccc(N)c12. The van der Waals surface area contributed by atoms with Gasteiger partial charge in [-0.05, 0) is 24.7 Å². The van der Waals surface area contributed by atoms with Gasteiger partial charge in [0.15, 0.2) is 0 Å². The molecule has 0 radical (unpaired) electrons. The number of benzene rings is 1. The number of rotatable bonds is 2. The number of nitrogens with two attached hydrogens (primary N) is 1. The quantitative estimate of drug-likeness (QED) is 0.605. The second kappa shape index (κ2) is 3.11. The Hall–Kier alpha value is -1.48. The maximum absolute atomic E-state index is 5.88. The minimum Gasteiger partial charge on any atom is -0.398 e. The fourth-order valence-corrected chi connectivity index (χ4v) is 1.62. The van der Waals surface area contributed by atoms with E-state index in [2.05, 4.69) is 10.3 Å². The highest BCUT2D eigenvalue weighted by molar-refractivity contribution is 5.93. The smallest absolute Gasteiger partial charge is 0.0478 e. The van der Waals surface area contributed by atoms with Gasteiger partial charge in [-0.2, -0.15) is 0 Å². The molecule has 4 N–H and O–H groups in total. The topological polar surface area (TPSA) is 53.8 Å². The van der Waals surface area contributed by atoms with E-state index >= 15 is 0 Å². The summed E-state index contributed by atoms with van der Waals surface area (Å²) in [5.74, 6) is 0. The van der Waals surface area contributed by atoms with E-state index in [0.717, 1.165) is 23.1 Å². The van der Waals surface area contributed by atoms with Gasteiger partial charge >= 0.3 is 0 Å². The Bertz CT molecular complexity index is 417. The van der Waals surface area contributed by atoms with Crippen molar-refractivity contribution in [2.75, 3.05) is 12.8 Å². The van der Waals surface area contributed by atoms with Crippen LogP contribution in [-0.4, -0.2) is 12.0 Å². The van der Waals surface area contributed by atoms with E-state index in [1.165, 1.54) is 5.56 Å². The number of H-pyrrole nitrogens is 1. The van der Waals surface area contributed by atoms with Gasteiger partial charge in [0.25, 0.3) is 0 Å². The Morgan fingerprint density at radius 3 is 3.08 bits per heavy atom. The molecule has 2 aromatic rings. The van der Waals surface area contributed by atoms with Crippen LogP contribution in [0.3, 0.4) is 0 Å². The normalized spacial score (nSPS) is 10.8. The first-order chi connectivity index (χ1) is 6.33. The van der Waals surface area contributed by atoms with Crippen LogP contribution in [0.25, 0.3) is 10.9 Å². The maximum Gasteiger partial charge on any atom is 0.0478 e. The number of aromatic nitrogens is 1. The van der Waals surface area contributed by atoms with Gasteiger partial charge in [0, 0.05) is 29.3 Å². The lowest BCUT2D eigenvalue weighted by Gasteiger charge is -2.00. The second-order valence-electron chi connectivity index (χ2n) is 3.11. The lowest BCUT2D eigenvalue weighted by Crippen LogP contribution is -2.04. The highest BCUT2D eigenvalue weighted by Gasteiger charge is 2.04. The Kier molecular flexibility index (Phi) is 1.94. The van der Waals surface area contributed by atoms with Crippen molar-refractivity contribution in [3.05, 3.63) is 30.0 Å². The van der Waals surface area contributed by atoms with Crippen LogP contribution in [0.5, 0.6) is 0 Å². The lowest BCUT2D eigenvalue weighted by atomic mass is 10.1. The maximum atomic E-state index is 5.88. The number of hydrogen-bond acceptors (Lipinski definition) is 2. The minimum atomic E-state index is 0.837. The third-order valence-electron chi connectivity index (χ3n) is 2.19. The van der Waals surface area contributed by atoms with E-state index in [1.54, 1.807) is 0 Å². The first-order valence-electron chi connectivity index (χ1n) is 4.32. The summed E-state index contributed by atoms with van der Waals surface area (Å²) >= 11 is 0. The number of fused-ring (bicyclic) bond motifs is 1. The number of anilines is 1. The third kappa shape index (κ3) is 1.27. The highest BCUT2D eigenvalue weighted by atomic mass is 14.8. The first-order valence-corrected chi connectivity index (χ1v) is 4.32. The van der Waals surface area contributed by atoms with Crippen LogP contribution in [0.2, 0.25) is 0 Å². The monoisotopic (exact) mass is 175 g/mol. The molecule has 3 heteroatoms. The molecular weight excluding hydrogens is 162 g/mol. The molecule has 0 aliphatic heterocycles. The predicted octanol–water partition coefficient (Wildman–Crippen LogP) is 1.47. The van der Waals surface area contributed by atoms with Crippen molar-refractivity contribution in [1.82, 2.24) is 10.3 Å². The van der Waals surface area contributed by atoms with Gasteiger partial charge in [0.2, 0.25) is 0 Å². The molecule has 0 atom stereocenters. The molecule has 68 valence electrons. The van der Waals surface area contributed by atoms with Crippen molar-refractivity contribution in [3.63, 3.8) is 0 Å². The van der Waals surface area contributed by atoms with E-state index in [0.29, 0.717) is 0 Å². The summed E-state index contributed by atoms with van der Waals surface area (Å²) in [6.07, 6.45) is 2.00. The van der Waals surface area contributed by atoms with Crippen LogP contribution in [-0.2, 0) is 6.54 Å². The van der Waals surface area contributed by atoms with E-state index in [4.69, 9.17) is 5.73 Å². The summed E-state index contributed by atoms with van der Waals surface area (Å²) in [5, 5.41) is 4.25. The van der Waals surface area contributed by atoms with Gasteiger partial charge in [-0.15, -0.1) is 0 Å². The van der Waals surface area contributed by atoms with Gasteiger partial charge in [0.1, 0.15) is 0 Å². The first kappa shape index (κ1) is 8.13. The number of aromatic amines is 1. The molecule has 0 fully saturated rings. The highest BCUT2D eigenvalue weighted by Crippen LogP contribution is 2.23. The molecule has 0 saturated heterocycles. The third-order valence-corrected chi connectivity index (χ3v) is 2.19. The molecule has 0 bridgehead atoms. The fraction of sp³-hybridized carbons (Fsp3) is 0.200. The summed E-state index contributed by atoms with van der Waals surface area (Å²) in [4.78, 5) is 3.19. The molecule has 1 aromatic carbocycles. The molecule has 0 aliphatic carbocycles. The van der Waals surface area contributed by atoms with Gasteiger partial charge in [-0.3, -0.25) is 0 Å². The van der Waals surface area contributed by atoms with E-state index in [-0.39, 0.29) is 0 Å². The lowest BCUT2D eigenvalue weighted by molar-refractivity contribution is 0.823. The fourth-order valence-electron chi connectivity index (χ4n) is 1.62. The molecule has 0 aliphatic rings. The minimum absolute atomic E-state index is 0.837. The van der Waals surface area contributed by atoms with Crippen molar-refractivity contribution in [2.24, 2.45) is 0 Å². The molecule has 13 heavy (non-hydrogen) atoms. The number of nitrogens with one attached hydrogen (secondary N) is 2. The van der Waals surface area contributed by atoms with E-state index in [9.17, 15) is 0 Å². The van der Waals surface area contributed by atoms with Crippen LogP contribution in [0.4, 0.5) is 5.69 Å². The number of nitrogen functional groups attached to an aromatic ring is 1. The van der Waals surface area contributed by atoms with E-state index in [1.807, 2.05) is 31.4 Å². The average Bonchev–Trinajstić information content (AvgIpc) is 2.51. The van der Waals surface area contributed by atoms with Crippen molar-refractivity contribution >= 4 is 16.6 Å². The Morgan fingerprint density at radius 1 is 1.46 bits per heavy atom. The molecular formula is C10H13N3. The summed E-state index contributed by atoms with van der Waals surface area (Å²) in [5.41, 5.74) is 9.04. The van der Waals surface area contributed by atoms with Crippen LogP contribution < -0.4 is 11.1 Å². The molecule has 2 rings (SSSR count). The summed E-state index contributed by atoms with van der Waals surface area (Å²) in [6.45, 7) is 0.841. The molecule has 1 aromatic heterocycles. The molecule has 3 nitrogen and oxygen atoms in total. The van der Waals surface area contributed by atoms with Gasteiger partial charge < -0.3 is 16.0 Å².